The second-order valence-electron chi connectivity index (χ2n) is 20.2. The molecule has 6 nitrogen and oxygen atoms in total. The number of hydrogen-bond acceptors (Lipinski definition) is 6. The van der Waals surface area contributed by atoms with E-state index >= 15 is 0 Å². The largest absolute Gasteiger partial charge is 0.462 e. The summed E-state index contributed by atoms with van der Waals surface area (Å²) in [7, 11) is 0. The molecule has 0 saturated heterocycles. The molecule has 0 aromatic rings. The van der Waals surface area contributed by atoms with Crippen LogP contribution in [-0.4, -0.2) is 37.2 Å². The minimum atomic E-state index is -0.761. The van der Waals surface area contributed by atoms with Crippen LogP contribution in [-0.2, 0) is 28.6 Å². The third kappa shape index (κ3) is 49.4. The Kier molecular flexibility index (Phi) is 47.6. The van der Waals surface area contributed by atoms with E-state index in [0.29, 0.717) is 19.3 Å². The van der Waals surface area contributed by atoms with Gasteiger partial charge < -0.3 is 14.2 Å². The van der Waals surface area contributed by atoms with Gasteiger partial charge >= 0.3 is 17.9 Å². The summed E-state index contributed by atoms with van der Waals surface area (Å²) in [5.74, 6) is 0.847. The zero-order chi connectivity index (χ0) is 45.4. The Morgan fingerprint density at radius 3 is 0.790 bits per heavy atom. The van der Waals surface area contributed by atoms with Crippen LogP contribution in [0.3, 0.4) is 0 Å². The number of carbonyl (C=O) groups is 3. The minimum absolute atomic E-state index is 0.0631. The van der Waals surface area contributed by atoms with E-state index < -0.39 is 6.10 Å². The second kappa shape index (κ2) is 48.9. The molecule has 0 fully saturated rings. The lowest BCUT2D eigenvalue weighted by Gasteiger charge is -2.18. The molecule has 0 aliphatic carbocycles. The van der Waals surface area contributed by atoms with Gasteiger partial charge in [-0.1, -0.05) is 272 Å². The van der Waals surface area contributed by atoms with Crippen molar-refractivity contribution >= 4 is 17.9 Å². The lowest BCUT2D eigenvalue weighted by molar-refractivity contribution is -0.167. The number of rotatable bonds is 50. The Hall–Kier alpha value is -1.59. The maximum atomic E-state index is 12.7. The summed E-state index contributed by atoms with van der Waals surface area (Å²) in [6.07, 6.45) is 51.0. The molecule has 0 amide bonds. The molecule has 0 bridgehead atoms. The highest BCUT2D eigenvalue weighted by Crippen LogP contribution is 2.18. The van der Waals surface area contributed by atoms with Gasteiger partial charge in [0.1, 0.15) is 13.2 Å². The summed E-state index contributed by atoms with van der Waals surface area (Å²) < 4.78 is 16.8. The molecule has 0 aliphatic rings. The standard InChI is InChI=1S/C56H108O6/c1-6-7-8-9-10-24-33-38-43-48-56(59)62-53(50-61-55(58)47-42-37-32-28-23-19-15-17-21-26-30-35-40-45-52(4)5)49-60-54(57)46-41-36-31-27-22-18-14-12-11-13-16-20-25-29-34-39-44-51(2)3/h51-53H,6-50H2,1-5H3/t53-/m0/s1. The number of hydrogen-bond donors (Lipinski definition) is 0. The molecule has 0 unspecified atom stereocenters. The van der Waals surface area contributed by atoms with Gasteiger partial charge in [-0.3, -0.25) is 14.4 Å². The van der Waals surface area contributed by atoms with E-state index in [2.05, 4.69) is 34.6 Å². The van der Waals surface area contributed by atoms with Crippen molar-refractivity contribution in [2.45, 2.75) is 317 Å². The lowest BCUT2D eigenvalue weighted by Crippen LogP contribution is -2.30. The van der Waals surface area contributed by atoms with E-state index in [1.165, 1.54) is 199 Å². The topological polar surface area (TPSA) is 78.9 Å². The molecule has 0 radical (unpaired) electrons. The van der Waals surface area contributed by atoms with Gasteiger partial charge in [-0.2, -0.15) is 0 Å². The molecule has 1 atom stereocenters. The van der Waals surface area contributed by atoms with Crippen LogP contribution in [0.2, 0.25) is 0 Å². The van der Waals surface area contributed by atoms with Crippen LogP contribution in [0.5, 0.6) is 0 Å². The van der Waals surface area contributed by atoms with Crippen LogP contribution in [0.15, 0.2) is 0 Å². The first kappa shape index (κ1) is 60.4. The minimum Gasteiger partial charge on any atom is -0.462 e. The smallest absolute Gasteiger partial charge is 0.306 e. The van der Waals surface area contributed by atoms with Gasteiger partial charge in [-0.25, -0.2) is 0 Å². The molecule has 0 rings (SSSR count). The zero-order valence-electron chi connectivity index (χ0n) is 42.5. The third-order valence-electron chi connectivity index (χ3n) is 12.7. The highest BCUT2D eigenvalue weighted by atomic mass is 16.6. The van der Waals surface area contributed by atoms with Crippen molar-refractivity contribution < 1.29 is 28.6 Å². The fraction of sp³-hybridized carbons (Fsp3) is 0.946. The maximum absolute atomic E-state index is 12.7. The third-order valence-corrected chi connectivity index (χ3v) is 12.7. The van der Waals surface area contributed by atoms with Gasteiger partial charge in [0.25, 0.3) is 0 Å². The molecule has 0 N–H and O–H groups in total. The van der Waals surface area contributed by atoms with Gasteiger partial charge in [0.15, 0.2) is 6.10 Å². The van der Waals surface area contributed by atoms with Crippen LogP contribution in [0.25, 0.3) is 0 Å². The van der Waals surface area contributed by atoms with Crippen molar-refractivity contribution in [1.82, 2.24) is 0 Å². The van der Waals surface area contributed by atoms with Crippen molar-refractivity contribution in [2.24, 2.45) is 11.8 Å². The number of esters is 3. The summed E-state index contributed by atoms with van der Waals surface area (Å²) >= 11 is 0. The van der Waals surface area contributed by atoms with E-state index in [1.807, 2.05) is 0 Å². The first-order chi connectivity index (χ1) is 30.2. The molecular weight excluding hydrogens is 769 g/mol. The van der Waals surface area contributed by atoms with E-state index in [0.717, 1.165) is 69.6 Å². The number of ether oxygens (including phenoxy) is 3. The van der Waals surface area contributed by atoms with Crippen molar-refractivity contribution in [3.63, 3.8) is 0 Å². The van der Waals surface area contributed by atoms with Crippen LogP contribution in [0.1, 0.15) is 311 Å². The molecule has 62 heavy (non-hydrogen) atoms. The highest BCUT2D eigenvalue weighted by Gasteiger charge is 2.19. The van der Waals surface area contributed by atoms with Gasteiger partial charge in [-0.15, -0.1) is 0 Å². The SMILES string of the molecule is CCCCCCCCCCCC(=O)O[C@@H](COC(=O)CCCCCCCCCCCCCCCCCCC(C)C)COC(=O)CCCCCCCCCCCCCCCC(C)C. The Bertz CT molecular complexity index is 947. The first-order valence-electron chi connectivity index (χ1n) is 27.7. The molecule has 0 aliphatic heterocycles. The fourth-order valence-electron chi connectivity index (χ4n) is 8.52. The maximum Gasteiger partial charge on any atom is 0.306 e. The van der Waals surface area contributed by atoms with Gasteiger partial charge in [0.05, 0.1) is 0 Å². The van der Waals surface area contributed by atoms with E-state index in [1.54, 1.807) is 0 Å². The first-order valence-corrected chi connectivity index (χ1v) is 27.7. The molecule has 0 heterocycles. The number of unbranched alkanes of at least 4 members (excludes halogenated alkanes) is 35. The molecule has 0 aromatic carbocycles. The summed E-state index contributed by atoms with van der Waals surface area (Å²) in [5.41, 5.74) is 0. The Labute approximate surface area is 387 Å². The van der Waals surface area contributed by atoms with Crippen molar-refractivity contribution in [3.8, 4) is 0 Å². The average molecular weight is 877 g/mol. The summed E-state index contributed by atoms with van der Waals surface area (Å²) in [6.45, 7) is 11.4. The zero-order valence-corrected chi connectivity index (χ0v) is 42.5. The molecule has 368 valence electrons. The van der Waals surface area contributed by atoms with Crippen LogP contribution in [0, 0.1) is 11.8 Å². The summed E-state index contributed by atoms with van der Waals surface area (Å²) in [6, 6.07) is 0. The van der Waals surface area contributed by atoms with E-state index in [-0.39, 0.29) is 31.1 Å². The molecule has 0 spiro atoms. The average Bonchev–Trinajstić information content (AvgIpc) is 3.24. The number of carbonyl (C=O) groups excluding carboxylic acids is 3. The van der Waals surface area contributed by atoms with E-state index in [9.17, 15) is 14.4 Å². The van der Waals surface area contributed by atoms with Crippen molar-refractivity contribution in [1.29, 1.82) is 0 Å². The van der Waals surface area contributed by atoms with Gasteiger partial charge in [-0.05, 0) is 31.1 Å². The highest BCUT2D eigenvalue weighted by molar-refractivity contribution is 5.71. The van der Waals surface area contributed by atoms with Gasteiger partial charge in [0.2, 0.25) is 0 Å². The van der Waals surface area contributed by atoms with Crippen LogP contribution in [0.4, 0.5) is 0 Å². The molecular formula is C56H108O6. The van der Waals surface area contributed by atoms with Crippen LogP contribution >= 0.6 is 0 Å². The molecule has 0 aromatic heterocycles. The second-order valence-corrected chi connectivity index (χ2v) is 20.2. The normalized spacial score (nSPS) is 12.0. The lowest BCUT2D eigenvalue weighted by atomic mass is 10.0. The van der Waals surface area contributed by atoms with E-state index in [4.69, 9.17) is 14.2 Å². The molecule has 6 heteroatoms. The Morgan fingerprint density at radius 2 is 0.532 bits per heavy atom. The van der Waals surface area contributed by atoms with Gasteiger partial charge in [0, 0.05) is 19.3 Å². The quantitative estimate of drug-likeness (QED) is 0.0344. The predicted octanol–water partition coefficient (Wildman–Crippen LogP) is 18.1. The monoisotopic (exact) mass is 877 g/mol. The van der Waals surface area contributed by atoms with Crippen molar-refractivity contribution in [2.75, 3.05) is 13.2 Å². The van der Waals surface area contributed by atoms with Crippen LogP contribution < -0.4 is 0 Å². The summed E-state index contributed by atoms with van der Waals surface area (Å²) in [5, 5.41) is 0. The van der Waals surface area contributed by atoms with Crippen molar-refractivity contribution in [3.05, 3.63) is 0 Å². The molecule has 0 saturated carbocycles. The Balaban J connectivity index is 4.19. The Morgan fingerprint density at radius 1 is 0.306 bits per heavy atom. The predicted molar refractivity (Wildman–Crippen MR) is 266 cm³/mol. The summed E-state index contributed by atoms with van der Waals surface area (Å²) in [4.78, 5) is 38.0. The fourth-order valence-corrected chi connectivity index (χ4v) is 8.52.